The van der Waals surface area contributed by atoms with Crippen LogP contribution in [0.5, 0.6) is 0 Å². The van der Waals surface area contributed by atoms with Crippen LogP contribution in [0.1, 0.15) is 36.2 Å². The van der Waals surface area contributed by atoms with Crippen molar-refractivity contribution in [2.24, 2.45) is 7.05 Å². The van der Waals surface area contributed by atoms with Crippen LogP contribution in [0.2, 0.25) is 0 Å². The molecule has 0 saturated carbocycles. The molecule has 0 unspecified atom stereocenters. The lowest BCUT2D eigenvalue weighted by molar-refractivity contribution is -0.141. The number of hydrogen-bond donors (Lipinski definition) is 0. The molecular formula is C13H16F3N5O. The number of aromatic nitrogens is 4. The van der Waals surface area contributed by atoms with Crippen LogP contribution in [0.25, 0.3) is 0 Å². The van der Waals surface area contributed by atoms with Crippen molar-refractivity contribution in [2.45, 2.75) is 31.9 Å². The van der Waals surface area contributed by atoms with E-state index >= 15 is 0 Å². The van der Waals surface area contributed by atoms with E-state index < -0.39 is 11.9 Å². The van der Waals surface area contributed by atoms with Crippen LogP contribution in [-0.4, -0.2) is 32.8 Å². The summed E-state index contributed by atoms with van der Waals surface area (Å²) in [6.07, 6.45) is -1.77. The molecule has 0 radical (unpaired) electrons. The number of hydrogen-bond acceptors (Lipinski definition) is 5. The molecule has 1 aliphatic heterocycles. The highest BCUT2D eigenvalue weighted by Crippen LogP contribution is 2.33. The molecule has 0 N–H and O–H groups in total. The molecule has 1 saturated heterocycles. The highest BCUT2D eigenvalue weighted by atomic mass is 19.4. The Labute approximate surface area is 124 Å². The molecule has 0 aliphatic carbocycles. The molecule has 0 amide bonds. The van der Waals surface area contributed by atoms with Crippen LogP contribution in [-0.2, 0) is 13.2 Å². The van der Waals surface area contributed by atoms with Gasteiger partial charge < -0.3 is 13.9 Å². The van der Waals surface area contributed by atoms with Crippen LogP contribution in [0, 0.1) is 6.92 Å². The van der Waals surface area contributed by atoms with Gasteiger partial charge in [0.05, 0.1) is 0 Å². The summed E-state index contributed by atoms with van der Waals surface area (Å²) in [5.41, 5.74) is -0.851. The lowest BCUT2D eigenvalue weighted by Crippen LogP contribution is -2.35. The van der Waals surface area contributed by atoms with Crippen molar-refractivity contribution in [1.29, 1.82) is 0 Å². The highest BCUT2D eigenvalue weighted by Gasteiger charge is 2.36. The first-order valence-electron chi connectivity index (χ1n) is 7.00. The normalized spacial score (nSPS) is 19.7. The third-order valence-corrected chi connectivity index (χ3v) is 3.78. The number of anilines is 1. The van der Waals surface area contributed by atoms with Gasteiger partial charge in [0.25, 0.3) is 0 Å². The number of nitrogens with zero attached hydrogens (tertiary/aromatic N) is 5. The van der Waals surface area contributed by atoms with Crippen molar-refractivity contribution in [3.8, 4) is 0 Å². The van der Waals surface area contributed by atoms with Crippen LogP contribution in [0.15, 0.2) is 10.6 Å². The van der Waals surface area contributed by atoms with Gasteiger partial charge in [-0.15, -0.1) is 5.10 Å². The summed E-state index contributed by atoms with van der Waals surface area (Å²) in [5.74, 6) is 0.809. The van der Waals surface area contributed by atoms with Gasteiger partial charge in [-0.25, -0.2) is 4.98 Å². The maximum absolute atomic E-state index is 12.8. The van der Waals surface area contributed by atoms with Crippen LogP contribution >= 0.6 is 0 Å². The Bertz CT molecular complexity index is 663. The average molecular weight is 315 g/mol. The predicted molar refractivity (Wildman–Crippen MR) is 71.4 cm³/mol. The lowest BCUT2D eigenvalue weighted by atomic mass is 9.97. The van der Waals surface area contributed by atoms with Crippen molar-refractivity contribution in [2.75, 3.05) is 18.0 Å². The van der Waals surface area contributed by atoms with Gasteiger partial charge >= 0.3 is 12.2 Å². The minimum Gasteiger partial charge on any atom is -0.408 e. The molecule has 0 spiro atoms. The topological polar surface area (TPSA) is 60.0 Å². The monoisotopic (exact) mass is 315 g/mol. The summed E-state index contributed by atoms with van der Waals surface area (Å²) < 4.78 is 45.2. The second kappa shape index (κ2) is 5.29. The molecule has 1 aliphatic rings. The van der Waals surface area contributed by atoms with Crippen LogP contribution < -0.4 is 4.90 Å². The number of alkyl halides is 3. The van der Waals surface area contributed by atoms with Crippen molar-refractivity contribution in [3.63, 3.8) is 0 Å². The van der Waals surface area contributed by atoms with E-state index in [1.54, 1.807) is 14.0 Å². The van der Waals surface area contributed by atoms with Crippen molar-refractivity contribution >= 4 is 6.01 Å². The molecule has 22 heavy (non-hydrogen) atoms. The van der Waals surface area contributed by atoms with Gasteiger partial charge in [-0.05, 0) is 12.8 Å². The second-order valence-electron chi connectivity index (χ2n) is 5.48. The van der Waals surface area contributed by atoms with Gasteiger partial charge in [-0.1, -0.05) is 5.10 Å². The number of imidazole rings is 1. The fraction of sp³-hybridized carbons (Fsp3) is 0.615. The molecular weight excluding hydrogens is 299 g/mol. The fourth-order valence-electron chi connectivity index (χ4n) is 2.77. The van der Waals surface area contributed by atoms with E-state index in [0.717, 1.165) is 25.6 Å². The maximum Gasteiger partial charge on any atom is 0.434 e. The van der Waals surface area contributed by atoms with Crippen molar-refractivity contribution in [3.05, 3.63) is 23.6 Å². The first-order chi connectivity index (χ1) is 10.3. The van der Waals surface area contributed by atoms with E-state index in [2.05, 4.69) is 15.2 Å². The summed E-state index contributed by atoms with van der Waals surface area (Å²) in [6, 6.07) is 0.410. The van der Waals surface area contributed by atoms with Crippen LogP contribution in [0.4, 0.5) is 19.2 Å². The molecule has 0 aromatic carbocycles. The van der Waals surface area contributed by atoms with Gasteiger partial charge in [-0.3, -0.25) is 0 Å². The summed E-state index contributed by atoms with van der Waals surface area (Å²) in [6.45, 7) is 2.96. The Morgan fingerprint density at radius 3 is 2.68 bits per heavy atom. The first-order valence-corrected chi connectivity index (χ1v) is 7.00. The number of piperidine rings is 1. The summed E-state index contributed by atoms with van der Waals surface area (Å²) in [7, 11) is 1.59. The minimum atomic E-state index is -4.42. The quantitative estimate of drug-likeness (QED) is 0.852. The molecule has 1 atom stereocenters. The third kappa shape index (κ3) is 2.79. The maximum atomic E-state index is 12.8. The molecule has 0 bridgehead atoms. The molecule has 2 aromatic heterocycles. The number of rotatable bonds is 2. The van der Waals surface area contributed by atoms with Crippen molar-refractivity contribution < 1.29 is 17.6 Å². The standard InChI is InChI=1S/C13H16F3N5O/c1-8-18-19-12(22-8)21-5-3-4-9(6-21)11-17-10(7-20(11)2)13(14,15)16/h7,9H,3-6H2,1-2H3/t9-/m0/s1. The zero-order valence-electron chi connectivity index (χ0n) is 12.3. The van der Waals surface area contributed by atoms with E-state index in [0.29, 0.717) is 24.3 Å². The highest BCUT2D eigenvalue weighted by molar-refractivity contribution is 5.27. The molecule has 2 aromatic rings. The number of halogens is 3. The fourth-order valence-corrected chi connectivity index (χ4v) is 2.77. The van der Waals surface area contributed by atoms with Crippen LogP contribution in [0.3, 0.4) is 0 Å². The van der Waals surface area contributed by atoms with Gasteiger partial charge in [0.2, 0.25) is 5.89 Å². The largest absolute Gasteiger partial charge is 0.434 e. The molecule has 120 valence electrons. The van der Waals surface area contributed by atoms with Gasteiger partial charge in [-0.2, -0.15) is 13.2 Å². The van der Waals surface area contributed by atoms with Crippen molar-refractivity contribution in [1.82, 2.24) is 19.7 Å². The summed E-state index contributed by atoms with van der Waals surface area (Å²) >= 11 is 0. The van der Waals surface area contributed by atoms with E-state index in [9.17, 15) is 13.2 Å². The summed E-state index contributed by atoms with van der Waals surface area (Å²) in [5, 5.41) is 7.75. The molecule has 1 fully saturated rings. The molecule has 9 heteroatoms. The smallest absolute Gasteiger partial charge is 0.408 e. The second-order valence-corrected chi connectivity index (χ2v) is 5.48. The van der Waals surface area contributed by atoms with Gasteiger partial charge in [0.15, 0.2) is 5.69 Å². The van der Waals surface area contributed by atoms with E-state index in [1.807, 2.05) is 4.90 Å². The third-order valence-electron chi connectivity index (χ3n) is 3.78. The Hall–Kier alpha value is -2.06. The van der Waals surface area contributed by atoms with E-state index in [1.165, 1.54) is 4.57 Å². The first kappa shape index (κ1) is 14.9. The predicted octanol–water partition coefficient (Wildman–Crippen LogP) is 2.51. The Kier molecular flexibility index (Phi) is 3.57. The number of aryl methyl sites for hydroxylation is 2. The Morgan fingerprint density at radius 1 is 1.32 bits per heavy atom. The average Bonchev–Trinajstić information content (AvgIpc) is 3.05. The zero-order valence-corrected chi connectivity index (χ0v) is 12.3. The zero-order chi connectivity index (χ0) is 15.9. The van der Waals surface area contributed by atoms with E-state index in [4.69, 9.17) is 4.42 Å². The SMILES string of the molecule is Cc1nnc(N2CCC[C@H](c3nc(C(F)(F)F)cn3C)C2)o1. The summed E-state index contributed by atoms with van der Waals surface area (Å²) in [4.78, 5) is 5.68. The lowest BCUT2D eigenvalue weighted by Gasteiger charge is -2.30. The molecule has 3 rings (SSSR count). The Morgan fingerprint density at radius 2 is 2.09 bits per heavy atom. The molecule has 6 nitrogen and oxygen atoms in total. The van der Waals surface area contributed by atoms with Gasteiger partial charge in [0.1, 0.15) is 5.82 Å². The molecule has 3 heterocycles. The van der Waals surface area contributed by atoms with E-state index in [-0.39, 0.29) is 5.92 Å². The Balaban J connectivity index is 1.81. The van der Waals surface area contributed by atoms with Gasteiger partial charge in [0, 0.05) is 39.2 Å². The minimum absolute atomic E-state index is 0.0953.